The average molecular weight is 400 g/mol. The Kier molecular flexibility index (Phi) is 6.49. The van der Waals surface area contributed by atoms with Crippen molar-refractivity contribution in [2.24, 2.45) is 0 Å². The molecule has 1 N–H and O–H groups in total. The van der Waals surface area contributed by atoms with Crippen molar-refractivity contribution < 1.29 is 18.3 Å². The molecule has 1 aromatic heterocycles. The van der Waals surface area contributed by atoms with Crippen LogP contribution in [0.5, 0.6) is 11.5 Å². The summed E-state index contributed by atoms with van der Waals surface area (Å²) in [4.78, 5) is 1.90. The average Bonchev–Trinajstić information content (AvgIpc) is 3.21. The number of hydrogen-bond acceptors (Lipinski definition) is 4. The normalized spacial score (nSPS) is 10.4. The van der Waals surface area contributed by atoms with Gasteiger partial charge in [0.1, 0.15) is 23.1 Å². The molecule has 1 heterocycles. The second-order valence-electron chi connectivity index (χ2n) is 6.06. The first-order valence-corrected chi connectivity index (χ1v) is 9.04. The highest BCUT2D eigenvalue weighted by atomic mass is 32.1. The van der Waals surface area contributed by atoms with E-state index in [1.54, 1.807) is 32.6 Å². The minimum absolute atomic E-state index is 0.286. The van der Waals surface area contributed by atoms with Gasteiger partial charge in [0.05, 0.1) is 32.7 Å². The third-order valence-corrected chi connectivity index (χ3v) is 4.49. The Morgan fingerprint density at radius 3 is 2.61 bits per heavy atom. The zero-order valence-corrected chi connectivity index (χ0v) is 16.5. The van der Waals surface area contributed by atoms with Crippen molar-refractivity contribution in [1.29, 1.82) is 0 Å². The molecule has 2 aromatic carbocycles. The number of furan rings is 1. The Bertz CT molecular complexity index is 931. The number of rotatable bonds is 7. The fourth-order valence-electron chi connectivity index (χ4n) is 2.74. The van der Waals surface area contributed by atoms with E-state index in [1.165, 1.54) is 12.1 Å². The van der Waals surface area contributed by atoms with Gasteiger partial charge in [-0.2, -0.15) is 0 Å². The summed E-state index contributed by atoms with van der Waals surface area (Å²) in [5.41, 5.74) is 1.51. The Morgan fingerprint density at radius 1 is 1.07 bits per heavy atom. The maximum Gasteiger partial charge on any atom is 0.174 e. The van der Waals surface area contributed by atoms with Gasteiger partial charge in [0.2, 0.25) is 0 Å². The van der Waals surface area contributed by atoms with E-state index in [-0.39, 0.29) is 5.82 Å². The number of methoxy groups -OCH3 is 2. The van der Waals surface area contributed by atoms with E-state index in [4.69, 9.17) is 26.1 Å². The molecule has 0 aliphatic rings. The summed E-state index contributed by atoms with van der Waals surface area (Å²) in [5, 5.41) is 3.66. The SMILES string of the molecule is COc1ccc(NC(=S)N(Cc2cccc(F)c2)Cc2ccco2)c(OC)c1. The van der Waals surface area contributed by atoms with Crippen LogP contribution in [0.2, 0.25) is 0 Å². The highest BCUT2D eigenvalue weighted by Crippen LogP contribution is 2.29. The molecule has 28 heavy (non-hydrogen) atoms. The Labute approximate surface area is 168 Å². The zero-order valence-electron chi connectivity index (χ0n) is 15.6. The maximum absolute atomic E-state index is 13.6. The van der Waals surface area contributed by atoms with Gasteiger partial charge < -0.3 is 24.1 Å². The summed E-state index contributed by atoms with van der Waals surface area (Å²) in [7, 11) is 3.17. The lowest BCUT2D eigenvalue weighted by molar-refractivity contribution is 0.359. The lowest BCUT2D eigenvalue weighted by atomic mass is 10.2. The van der Waals surface area contributed by atoms with E-state index in [0.29, 0.717) is 35.4 Å². The van der Waals surface area contributed by atoms with E-state index in [2.05, 4.69) is 5.32 Å². The Hall–Kier alpha value is -3.06. The second-order valence-corrected chi connectivity index (χ2v) is 6.45. The molecule has 0 aliphatic carbocycles. The van der Waals surface area contributed by atoms with Gasteiger partial charge in [0.25, 0.3) is 0 Å². The maximum atomic E-state index is 13.6. The molecule has 0 atom stereocenters. The summed E-state index contributed by atoms with van der Waals surface area (Å²) in [6, 6.07) is 15.6. The molecule has 0 fully saturated rings. The molecular formula is C21H21FN2O3S. The molecule has 0 bridgehead atoms. The van der Waals surface area contributed by atoms with Crippen LogP contribution in [0.25, 0.3) is 0 Å². The largest absolute Gasteiger partial charge is 0.497 e. The minimum atomic E-state index is -0.286. The topological polar surface area (TPSA) is 46.9 Å². The standard InChI is InChI=1S/C21H21FN2O3S/c1-25-17-8-9-19(20(12-17)26-2)23-21(28)24(14-18-7-4-10-27-18)13-15-5-3-6-16(22)11-15/h3-12H,13-14H2,1-2H3,(H,23,28). The van der Waals surface area contributed by atoms with Crippen molar-refractivity contribution in [2.45, 2.75) is 13.1 Å². The first-order valence-electron chi connectivity index (χ1n) is 8.64. The van der Waals surface area contributed by atoms with Crippen molar-refractivity contribution in [2.75, 3.05) is 19.5 Å². The van der Waals surface area contributed by atoms with Crippen molar-refractivity contribution in [3.63, 3.8) is 0 Å². The van der Waals surface area contributed by atoms with E-state index in [1.807, 2.05) is 35.2 Å². The molecule has 0 aliphatic heterocycles. The summed E-state index contributed by atoms with van der Waals surface area (Å²) < 4.78 is 29.7. The smallest absolute Gasteiger partial charge is 0.174 e. The van der Waals surface area contributed by atoms with Crippen molar-refractivity contribution in [3.05, 3.63) is 78.0 Å². The number of nitrogens with zero attached hydrogens (tertiary/aromatic N) is 1. The van der Waals surface area contributed by atoms with Gasteiger partial charge >= 0.3 is 0 Å². The summed E-state index contributed by atoms with van der Waals surface area (Å²) in [5.74, 6) is 1.75. The molecule has 146 valence electrons. The molecule has 0 radical (unpaired) electrons. The Balaban J connectivity index is 1.81. The molecule has 0 saturated carbocycles. The molecule has 0 amide bonds. The van der Waals surface area contributed by atoms with Gasteiger partial charge in [-0.15, -0.1) is 0 Å². The third-order valence-electron chi connectivity index (χ3n) is 4.13. The number of thiocarbonyl (C=S) groups is 1. The number of hydrogen-bond donors (Lipinski definition) is 1. The zero-order chi connectivity index (χ0) is 19.9. The second kappa shape index (κ2) is 9.23. The number of anilines is 1. The van der Waals surface area contributed by atoms with E-state index < -0.39 is 0 Å². The van der Waals surface area contributed by atoms with Crippen LogP contribution < -0.4 is 14.8 Å². The van der Waals surface area contributed by atoms with Gasteiger partial charge in [-0.05, 0) is 54.2 Å². The fraction of sp³-hybridized carbons (Fsp3) is 0.190. The Morgan fingerprint density at radius 2 is 1.93 bits per heavy atom. The summed E-state index contributed by atoms with van der Waals surface area (Å²) in [6.07, 6.45) is 1.61. The highest BCUT2D eigenvalue weighted by Gasteiger charge is 2.15. The van der Waals surface area contributed by atoms with Crippen LogP contribution in [-0.4, -0.2) is 24.2 Å². The predicted octanol–water partition coefficient (Wildman–Crippen LogP) is 4.84. The molecule has 3 rings (SSSR count). The monoisotopic (exact) mass is 400 g/mol. The lowest BCUT2D eigenvalue weighted by Gasteiger charge is -2.26. The molecule has 3 aromatic rings. The minimum Gasteiger partial charge on any atom is -0.497 e. The van der Waals surface area contributed by atoms with Crippen LogP contribution >= 0.6 is 12.2 Å². The van der Waals surface area contributed by atoms with Crippen LogP contribution in [0, 0.1) is 5.82 Å². The predicted molar refractivity (Wildman–Crippen MR) is 110 cm³/mol. The van der Waals surface area contributed by atoms with Crippen LogP contribution in [0.15, 0.2) is 65.3 Å². The number of ether oxygens (including phenoxy) is 2. The van der Waals surface area contributed by atoms with Crippen LogP contribution in [0.3, 0.4) is 0 Å². The van der Waals surface area contributed by atoms with Crippen molar-refractivity contribution >= 4 is 23.0 Å². The van der Waals surface area contributed by atoms with Crippen LogP contribution in [0.1, 0.15) is 11.3 Å². The number of nitrogens with one attached hydrogen (secondary N) is 1. The number of benzene rings is 2. The van der Waals surface area contributed by atoms with E-state index in [0.717, 1.165) is 11.3 Å². The molecule has 5 nitrogen and oxygen atoms in total. The van der Waals surface area contributed by atoms with Gasteiger partial charge in [-0.25, -0.2) is 4.39 Å². The summed E-state index contributed by atoms with van der Waals surface area (Å²) in [6.45, 7) is 0.858. The van der Waals surface area contributed by atoms with Crippen LogP contribution in [-0.2, 0) is 13.1 Å². The fourth-order valence-corrected chi connectivity index (χ4v) is 2.98. The van der Waals surface area contributed by atoms with E-state index >= 15 is 0 Å². The quantitative estimate of drug-likeness (QED) is 0.573. The van der Waals surface area contributed by atoms with Crippen molar-refractivity contribution in [1.82, 2.24) is 4.90 Å². The highest BCUT2D eigenvalue weighted by molar-refractivity contribution is 7.80. The summed E-state index contributed by atoms with van der Waals surface area (Å²) >= 11 is 5.62. The lowest BCUT2D eigenvalue weighted by Crippen LogP contribution is -2.33. The van der Waals surface area contributed by atoms with Gasteiger partial charge in [0.15, 0.2) is 5.11 Å². The van der Waals surface area contributed by atoms with E-state index in [9.17, 15) is 4.39 Å². The van der Waals surface area contributed by atoms with Gasteiger partial charge in [-0.1, -0.05) is 12.1 Å². The van der Waals surface area contributed by atoms with Gasteiger partial charge in [0, 0.05) is 12.6 Å². The molecule has 0 unspecified atom stereocenters. The molecule has 0 spiro atoms. The van der Waals surface area contributed by atoms with Gasteiger partial charge in [-0.3, -0.25) is 0 Å². The molecular weight excluding hydrogens is 379 g/mol. The first-order chi connectivity index (χ1) is 13.6. The van der Waals surface area contributed by atoms with Crippen molar-refractivity contribution in [3.8, 4) is 11.5 Å². The first kappa shape index (κ1) is 19.7. The molecule has 7 heteroatoms. The third kappa shape index (κ3) is 5.01. The number of halogens is 1. The van der Waals surface area contributed by atoms with Crippen LogP contribution in [0.4, 0.5) is 10.1 Å². The molecule has 0 saturated heterocycles.